The third-order valence-corrected chi connectivity index (χ3v) is 13.3. The van der Waals surface area contributed by atoms with Crippen molar-refractivity contribution in [3.05, 3.63) is 164 Å². The Kier molecular flexibility index (Phi) is 6.69. The minimum atomic E-state index is -0.00572. The van der Waals surface area contributed by atoms with E-state index in [-0.39, 0.29) is 13.4 Å². The van der Waals surface area contributed by atoms with E-state index in [1.54, 1.807) is 23.5 Å². The predicted molar refractivity (Wildman–Crippen MR) is 224 cm³/mol. The SMILES string of the molecule is c1ccc(-c2cc3c4c(c2)Sc2nc5c(cc2B4c2ccccc2O3)B2c3ccccc3Oc3cc(-c4ccccc4-c4ccccc4)cc(c32)S5)cc1. The Balaban J connectivity index is 1.06. The first-order valence-corrected chi connectivity index (χ1v) is 19.9. The lowest BCUT2D eigenvalue weighted by Crippen LogP contribution is -2.62. The van der Waals surface area contributed by atoms with Crippen LogP contribution in [0.2, 0.25) is 0 Å². The van der Waals surface area contributed by atoms with Gasteiger partial charge < -0.3 is 9.47 Å². The van der Waals surface area contributed by atoms with Gasteiger partial charge in [0.25, 0.3) is 13.4 Å². The van der Waals surface area contributed by atoms with Gasteiger partial charge in [-0.25, -0.2) is 4.98 Å². The molecule has 250 valence electrons. The van der Waals surface area contributed by atoms with E-state index in [0.717, 1.165) is 44.2 Å². The van der Waals surface area contributed by atoms with Gasteiger partial charge in [-0.2, -0.15) is 0 Å². The van der Waals surface area contributed by atoms with Gasteiger partial charge in [0.1, 0.15) is 23.0 Å². The van der Waals surface area contributed by atoms with Crippen LogP contribution in [0.25, 0.3) is 33.4 Å². The molecule has 0 aliphatic carbocycles. The number of pyridine rings is 1. The van der Waals surface area contributed by atoms with Crippen molar-refractivity contribution < 1.29 is 9.47 Å². The number of aromatic nitrogens is 1. The fourth-order valence-electron chi connectivity index (χ4n) is 8.78. The van der Waals surface area contributed by atoms with Gasteiger partial charge in [0.05, 0.1) is 10.1 Å². The summed E-state index contributed by atoms with van der Waals surface area (Å²) in [5, 5.41) is 2.11. The number of rotatable bonds is 3. The molecular formula is C47H27B2NO2S2. The average molecular weight is 723 g/mol. The van der Waals surface area contributed by atoms with Gasteiger partial charge >= 0.3 is 0 Å². The van der Waals surface area contributed by atoms with E-state index >= 15 is 0 Å². The summed E-state index contributed by atoms with van der Waals surface area (Å²) < 4.78 is 13.5. The van der Waals surface area contributed by atoms with Gasteiger partial charge in [0, 0.05) is 9.79 Å². The van der Waals surface area contributed by atoms with Crippen molar-refractivity contribution >= 4 is 69.7 Å². The van der Waals surface area contributed by atoms with Gasteiger partial charge in [-0.3, -0.25) is 0 Å². The minimum Gasteiger partial charge on any atom is -0.458 e. The molecule has 7 aromatic carbocycles. The molecule has 4 aliphatic rings. The fourth-order valence-corrected chi connectivity index (χ4v) is 11.1. The van der Waals surface area contributed by atoms with Crippen LogP contribution in [-0.2, 0) is 0 Å². The summed E-state index contributed by atoms with van der Waals surface area (Å²) in [4.78, 5) is 8.01. The zero-order chi connectivity index (χ0) is 35.3. The Morgan fingerprint density at radius 3 is 1.43 bits per heavy atom. The van der Waals surface area contributed by atoms with Crippen LogP contribution in [0, 0.1) is 0 Å². The highest BCUT2D eigenvalue weighted by atomic mass is 32.2. The Hall–Kier alpha value is -5.88. The summed E-state index contributed by atoms with van der Waals surface area (Å²) in [6.45, 7) is 0.00506. The van der Waals surface area contributed by atoms with Crippen LogP contribution in [0.4, 0.5) is 0 Å². The molecule has 1 aromatic heterocycles. The molecule has 54 heavy (non-hydrogen) atoms. The number of hydrogen-bond acceptors (Lipinski definition) is 5. The quantitative estimate of drug-likeness (QED) is 0.172. The van der Waals surface area contributed by atoms with Gasteiger partial charge in [-0.15, -0.1) is 0 Å². The summed E-state index contributed by atoms with van der Waals surface area (Å²) in [6, 6.07) is 58.5. The topological polar surface area (TPSA) is 31.4 Å². The van der Waals surface area contributed by atoms with E-state index in [1.807, 2.05) is 0 Å². The number of nitrogens with zero attached hydrogens (tertiary/aromatic N) is 1. The second-order valence-electron chi connectivity index (χ2n) is 14.2. The van der Waals surface area contributed by atoms with Crippen molar-refractivity contribution in [3.8, 4) is 56.4 Å². The molecule has 8 aromatic rings. The molecule has 0 amide bonds. The summed E-state index contributed by atoms with van der Waals surface area (Å²) in [7, 11) is 0. The fraction of sp³-hybridized carbons (Fsp3) is 0. The van der Waals surface area contributed by atoms with Gasteiger partial charge in [0.2, 0.25) is 0 Å². The molecule has 3 nitrogen and oxygen atoms in total. The monoisotopic (exact) mass is 723 g/mol. The van der Waals surface area contributed by atoms with Crippen molar-refractivity contribution in [3.63, 3.8) is 0 Å². The standard InChI is InChI=1S/C47H27B2NO2S2/c1-3-13-28(14-4-1)30-23-40-44-42(25-30)53-46-36(48(44)34-19-9-11-21-38(34)51-40)27-37-47(50-46)54-43-26-31(33-18-8-7-17-32(33)29-15-5-2-6-16-29)24-41-45(43)49(37)35-20-10-12-22-39(35)52-41/h1-27H. The largest absolute Gasteiger partial charge is 0.458 e. The molecule has 7 heteroatoms. The highest BCUT2D eigenvalue weighted by Crippen LogP contribution is 2.44. The minimum absolute atomic E-state index is 0.00572. The number of ether oxygens (including phenoxy) is 2. The molecule has 0 saturated heterocycles. The van der Waals surface area contributed by atoms with Crippen molar-refractivity contribution in [2.75, 3.05) is 0 Å². The first-order chi connectivity index (χ1) is 26.7. The van der Waals surface area contributed by atoms with Crippen LogP contribution < -0.4 is 42.3 Å². The maximum atomic E-state index is 6.81. The van der Waals surface area contributed by atoms with Gasteiger partial charge in [0.15, 0.2) is 0 Å². The molecular weight excluding hydrogens is 696 g/mol. The smallest absolute Gasteiger partial charge is 0.255 e. The maximum absolute atomic E-state index is 6.81. The van der Waals surface area contributed by atoms with Gasteiger partial charge in [-0.05, 0) is 103 Å². The molecule has 0 atom stereocenters. The zero-order valence-electron chi connectivity index (χ0n) is 28.8. The van der Waals surface area contributed by atoms with E-state index in [4.69, 9.17) is 14.5 Å². The summed E-state index contributed by atoms with van der Waals surface area (Å²) >= 11 is 3.54. The summed E-state index contributed by atoms with van der Waals surface area (Å²) in [5.74, 6) is 3.64. The summed E-state index contributed by atoms with van der Waals surface area (Å²) in [5.41, 5.74) is 14.3. The van der Waals surface area contributed by atoms with Crippen LogP contribution in [-0.4, -0.2) is 18.4 Å². The molecule has 12 rings (SSSR count). The van der Waals surface area contributed by atoms with Crippen LogP contribution >= 0.6 is 23.5 Å². The molecule has 0 spiro atoms. The van der Waals surface area contributed by atoms with E-state index in [2.05, 4.69) is 164 Å². The molecule has 0 fully saturated rings. The Morgan fingerprint density at radius 2 is 0.833 bits per heavy atom. The van der Waals surface area contributed by atoms with Crippen molar-refractivity contribution in [2.24, 2.45) is 0 Å². The number of fused-ring (bicyclic) bond motifs is 8. The lowest BCUT2D eigenvalue weighted by molar-refractivity contribution is 0.486. The Bertz CT molecular complexity index is 2860. The van der Waals surface area contributed by atoms with Crippen molar-refractivity contribution in [2.45, 2.75) is 19.8 Å². The van der Waals surface area contributed by atoms with E-state index in [1.165, 1.54) is 64.8 Å². The molecule has 4 aliphatic heterocycles. The van der Waals surface area contributed by atoms with Crippen LogP contribution in [0.1, 0.15) is 0 Å². The highest BCUT2D eigenvalue weighted by Gasteiger charge is 2.44. The molecule has 0 unspecified atom stereocenters. The number of para-hydroxylation sites is 2. The molecule has 0 bridgehead atoms. The van der Waals surface area contributed by atoms with Crippen LogP contribution in [0.3, 0.4) is 0 Å². The summed E-state index contributed by atoms with van der Waals surface area (Å²) in [6.07, 6.45) is 0. The Labute approximate surface area is 322 Å². The van der Waals surface area contributed by atoms with Gasteiger partial charge in [-0.1, -0.05) is 151 Å². The first kappa shape index (κ1) is 30.6. The lowest BCUT2D eigenvalue weighted by atomic mass is 9.33. The lowest BCUT2D eigenvalue weighted by Gasteiger charge is -2.36. The third kappa shape index (κ3) is 4.58. The molecule has 0 N–H and O–H groups in total. The predicted octanol–water partition coefficient (Wildman–Crippen LogP) is 8.26. The number of hydrogen-bond donors (Lipinski definition) is 0. The maximum Gasteiger partial charge on any atom is 0.255 e. The van der Waals surface area contributed by atoms with E-state index < -0.39 is 0 Å². The highest BCUT2D eigenvalue weighted by molar-refractivity contribution is 8.00. The average Bonchev–Trinajstić information content (AvgIpc) is 3.23. The van der Waals surface area contributed by atoms with Crippen LogP contribution in [0.15, 0.2) is 184 Å². The second kappa shape index (κ2) is 11.8. The van der Waals surface area contributed by atoms with Crippen LogP contribution in [0.5, 0.6) is 23.0 Å². The normalized spacial score (nSPS) is 13.6. The second-order valence-corrected chi connectivity index (χ2v) is 16.2. The molecule has 5 heterocycles. The van der Waals surface area contributed by atoms with Crippen molar-refractivity contribution in [1.82, 2.24) is 4.98 Å². The third-order valence-electron chi connectivity index (χ3n) is 11.2. The molecule has 0 radical (unpaired) electrons. The Morgan fingerprint density at radius 1 is 0.370 bits per heavy atom. The molecule has 0 saturated carbocycles. The van der Waals surface area contributed by atoms with E-state index in [9.17, 15) is 0 Å². The zero-order valence-corrected chi connectivity index (χ0v) is 30.5. The first-order valence-electron chi connectivity index (χ1n) is 18.3. The van der Waals surface area contributed by atoms with E-state index in [0.29, 0.717) is 0 Å². The van der Waals surface area contributed by atoms with Crippen molar-refractivity contribution in [1.29, 1.82) is 0 Å². The number of benzene rings is 7.